The van der Waals surface area contributed by atoms with E-state index in [-0.39, 0.29) is 16.3 Å². The molecule has 24 heavy (non-hydrogen) atoms. The molecule has 126 valence electrons. The zero-order valence-electron chi connectivity index (χ0n) is 12.5. The van der Waals surface area contributed by atoms with Crippen LogP contribution < -0.4 is 5.32 Å². The van der Waals surface area contributed by atoms with Crippen LogP contribution in [0.3, 0.4) is 0 Å². The topological polar surface area (TPSA) is 72.5 Å². The van der Waals surface area contributed by atoms with E-state index < -0.39 is 35.1 Å². The first kappa shape index (κ1) is 18.1. The van der Waals surface area contributed by atoms with E-state index in [0.717, 1.165) is 6.07 Å². The molecule has 0 aliphatic heterocycles. The van der Waals surface area contributed by atoms with E-state index in [1.807, 2.05) is 0 Å². The summed E-state index contributed by atoms with van der Waals surface area (Å²) in [6, 6.07) is 9.91. The van der Waals surface area contributed by atoms with Gasteiger partial charge in [0.1, 0.15) is 5.82 Å². The van der Waals surface area contributed by atoms with Gasteiger partial charge in [-0.1, -0.05) is 23.7 Å². The highest BCUT2D eigenvalue weighted by Crippen LogP contribution is 2.19. The minimum atomic E-state index is -1.38. The fourth-order valence-corrected chi connectivity index (χ4v) is 2.78. The molecule has 2 aromatic carbocycles. The average Bonchev–Trinajstić information content (AvgIpc) is 2.56. The number of esters is 1. The molecule has 2 rings (SSSR count). The van der Waals surface area contributed by atoms with E-state index in [9.17, 15) is 18.2 Å². The van der Waals surface area contributed by atoms with Crippen molar-refractivity contribution < 1.29 is 22.9 Å². The second-order valence-electron chi connectivity index (χ2n) is 4.70. The second-order valence-corrected chi connectivity index (χ2v) is 6.48. The number of carbonyl (C=O) groups excluding carboxylic acids is 2. The Morgan fingerprint density at radius 1 is 1.25 bits per heavy atom. The Hall–Kier alpha value is -2.25. The van der Waals surface area contributed by atoms with Crippen molar-refractivity contribution in [3.8, 4) is 0 Å². The summed E-state index contributed by atoms with van der Waals surface area (Å²) in [5.74, 6) is -2.17. The van der Waals surface area contributed by atoms with E-state index in [2.05, 4.69) is 5.32 Å². The first-order valence-electron chi connectivity index (χ1n) is 6.73. The smallest absolute Gasteiger partial charge is 0.339 e. The van der Waals surface area contributed by atoms with Crippen LogP contribution in [-0.2, 0) is 20.3 Å². The molecule has 1 N–H and O–H groups in total. The van der Waals surface area contributed by atoms with Crippen LogP contribution in [0.4, 0.5) is 10.1 Å². The van der Waals surface area contributed by atoms with Gasteiger partial charge >= 0.3 is 5.97 Å². The fraction of sp³-hybridized carbons (Fsp3) is 0.125. The molecule has 0 spiro atoms. The van der Waals surface area contributed by atoms with E-state index in [1.54, 1.807) is 12.1 Å². The molecule has 0 unspecified atom stereocenters. The number of hydrogen-bond acceptors (Lipinski definition) is 4. The molecule has 0 bridgehead atoms. The van der Waals surface area contributed by atoms with Crippen molar-refractivity contribution in [1.29, 1.82) is 0 Å². The average molecular weight is 370 g/mol. The quantitative estimate of drug-likeness (QED) is 0.822. The lowest BCUT2D eigenvalue weighted by molar-refractivity contribution is -0.119. The van der Waals surface area contributed by atoms with Gasteiger partial charge < -0.3 is 10.1 Å². The SMILES string of the molecule is C[S@](=O)c1ccccc1C(=O)OCC(=O)Nc1cc(Cl)ccc1F. The maximum absolute atomic E-state index is 13.5. The molecular weight excluding hydrogens is 357 g/mol. The van der Waals surface area contributed by atoms with Gasteiger partial charge in [-0.3, -0.25) is 9.00 Å². The van der Waals surface area contributed by atoms with Gasteiger partial charge in [0.15, 0.2) is 6.61 Å². The predicted molar refractivity (Wildman–Crippen MR) is 89.1 cm³/mol. The van der Waals surface area contributed by atoms with Crippen molar-refractivity contribution in [2.45, 2.75) is 4.90 Å². The minimum Gasteiger partial charge on any atom is -0.452 e. The molecule has 0 heterocycles. The van der Waals surface area contributed by atoms with Gasteiger partial charge in [0.05, 0.1) is 26.9 Å². The minimum absolute atomic E-state index is 0.111. The molecule has 2 aromatic rings. The van der Waals surface area contributed by atoms with Gasteiger partial charge in [-0.2, -0.15) is 0 Å². The Morgan fingerprint density at radius 2 is 1.96 bits per heavy atom. The lowest BCUT2D eigenvalue weighted by atomic mass is 10.2. The molecule has 0 radical (unpaired) electrons. The number of benzene rings is 2. The molecule has 0 aliphatic rings. The fourth-order valence-electron chi connectivity index (χ4n) is 1.87. The van der Waals surface area contributed by atoms with Gasteiger partial charge in [0.25, 0.3) is 5.91 Å². The molecule has 0 saturated heterocycles. The number of ether oxygens (including phenoxy) is 1. The lowest BCUT2D eigenvalue weighted by Crippen LogP contribution is -2.22. The van der Waals surface area contributed by atoms with Crippen molar-refractivity contribution in [1.82, 2.24) is 0 Å². The number of hydrogen-bond donors (Lipinski definition) is 1. The highest BCUT2D eigenvalue weighted by molar-refractivity contribution is 7.84. The van der Waals surface area contributed by atoms with Crippen molar-refractivity contribution in [2.75, 3.05) is 18.2 Å². The Labute approximate surface area is 145 Å². The van der Waals surface area contributed by atoms with Gasteiger partial charge in [0.2, 0.25) is 0 Å². The van der Waals surface area contributed by atoms with Crippen molar-refractivity contribution >= 4 is 40.0 Å². The summed E-state index contributed by atoms with van der Waals surface area (Å²) in [5.41, 5.74) is -0.00122. The highest BCUT2D eigenvalue weighted by Gasteiger charge is 2.16. The normalized spacial score (nSPS) is 11.6. The molecule has 0 aromatic heterocycles. The number of anilines is 1. The monoisotopic (exact) mass is 369 g/mol. The predicted octanol–water partition coefficient (Wildman–Crippen LogP) is 3.01. The highest BCUT2D eigenvalue weighted by atomic mass is 35.5. The molecule has 1 atom stereocenters. The van der Waals surface area contributed by atoms with Crippen molar-refractivity contribution in [3.63, 3.8) is 0 Å². The standard InChI is InChI=1S/C16H13ClFNO4S/c1-24(22)14-5-3-2-4-11(14)16(21)23-9-15(20)19-13-8-10(17)6-7-12(13)18/h2-8H,9H2,1H3,(H,19,20)/t24-/m0/s1. The molecule has 5 nitrogen and oxygen atoms in total. The van der Waals surface area contributed by atoms with Crippen molar-refractivity contribution in [2.24, 2.45) is 0 Å². The second kappa shape index (κ2) is 8.03. The van der Waals surface area contributed by atoms with Gasteiger partial charge in [0, 0.05) is 11.3 Å². The van der Waals surface area contributed by atoms with Crippen LogP contribution in [0.25, 0.3) is 0 Å². The Morgan fingerprint density at radius 3 is 2.67 bits per heavy atom. The number of amides is 1. The lowest BCUT2D eigenvalue weighted by Gasteiger charge is -2.09. The summed E-state index contributed by atoms with van der Waals surface area (Å²) in [6.45, 7) is -0.616. The largest absolute Gasteiger partial charge is 0.452 e. The molecule has 1 amide bonds. The van der Waals surface area contributed by atoms with Crippen LogP contribution in [0, 0.1) is 5.82 Å². The Kier molecular flexibility index (Phi) is 6.05. The summed E-state index contributed by atoms with van der Waals surface area (Å²) >= 11 is 5.72. The summed E-state index contributed by atoms with van der Waals surface area (Å²) < 4.78 is 30.0. The van der Waals surface area contributed by atoms with E-state index >= 15 is 0 Å². The maximum Gasteiger partial charge on any atom is 0.339 e. The van der Waals surface area contributed by atoms with Crippen LogP contribution in [0.5, 0.6) is 0 Å². The number of halogens is 2. The van der Waals surface area contributed by atoms with E-state index in [0.29, 0.717) is 4.90 Å². The number of nitrogens with one attached hydrogen (secondary N) is 1. The van der Waals surface area contributed by atoms with Crippen LogP contribution in [-0.4, -0.2) is 28.9 Å². The van der Waals surface area contributed by atoms with Crippen LogP contribution in [0.15, 0.2) is 47.4 Å². The molecule has 0 aliphatic carbocycles. The number of carbonyl (C=O) groups is 2. The third kappa shape index (κ3) is 4.62. The molecular formula is C16H13ClFNO4S. The van der Waals surface area contributed by atoms with Crippen molar-refractivity contribution in [3.05, 3.63) is 58.9 Å². The Bertz CT molecular complexity index is 812. The summed E-state index contributed by atoms with van der Waals surface area (Å²) in [6.07, 6.45) is 1.43. The zero-order valence-corrected chi connectivity index (χ0v) is 14.1. The molecule has 8 heteroatoms. The van der Waals surface area contributed by atoms with Gasteiger partial charge in [-0.15, -0.1) is 0 Å². The third-order valence-electron chi connectivity index (χ3n) is 2.95. The third-order valence-corrected chi connectivity index (χ3v) is 4.16. The summed E-state index contributed by atoms with van der Waals surface area (Å²) in [7, 11) is -1.38. The summed E-state index contributed by atoms with van der Waals surface area (Å²) in [4.78, 5) is 24.1. The van der Waals surface area contributed by atoms with Crippen LogP contribution in [0.1, 0.15) is 10.4 Å². The molecule has 0 saturated carbocycles. The van der Waals surface area contributed by atoms with Gasteiger partial charge in [-0.25, -0.2) is 9.18 Å². The van der Waals surface area contributed by atoms with E-state index in [4.69, 9.17) is 16.3 Å². The first-order valence-corrected chi connectivity index (χ1v) is 8.66. The van der Waals surface area contributed by atoms with Crippen LogP contribution in [0.2, 0.25) is 5.02 Å². The zero-order chi connectivity index (χ0) is 17.7. The Balaban J connectivity index is 2.00. The maximum atomic E-state index is 13.5. The first-order chi connectivity index (χ1) is 11.4. The van der Waals surface area contributed by atoms with Crippen LogP contribution >= 0.6 is 11.6 Å². The van der Waals surface area contributed by atoms with Gasteiger partial charge in [-0.05, 0) is 30.3 Å². The number of rotatable bonds is 5. The summed E-state index contributed by atoms with van der Waals surface area (Å²) in [5, 5.41) is 2.51. The van der Waals surface area contributed by atoms with E-state index in [1.165, 1.54) is 30.5 Å². The molecule has 0 fully saturated rings.